The number of thiazole rings is 1. The summed E-state index contributed by atoms with van der Waals surface area (Å²) >= 11 is 8.78. The fourth-order valence-corrected chi connectivity index (χ4v) is 3.95. The molecule has 0 radical (unpaired) electrons. The quantitative estimate of drug-likeness (QED) is 0.576. The van der Waals surface area contributed by atoms with Crippen LogP contribution < -0.4 is 5.32 Å². The molecule has 0 fully saturated rings. The molecule has 0 spiro atoms. The van der Waals surface area contributed by atoms with Crippen LogP contribution in [0.4, 0.5) is 5.69 Å². The monoisotopic (exact) mass is 384 g/mol. The summed E-state index contributed by atoms with van der Waals surface area (Å²) in [4.78, 5) is 28.1. The number of halogens is 1. The molecule has 1 heterocycles. The number of esters is 1. The average molecular weight is 385 g/mol. The molecule has 2 aromatic rings. The van der Waals surface area contributed by atoms with Gasteiger partial charge in [0.1, 0.15) is 0 Å². The number of aromatic nitrogens is 1. The molecule has 1 aromatic heterocycles. The van der Waals surface area contributed by atoms with Gasteiger partial charge < -0.3 is 10.1 Å². The molecule has 128 valence electrons. The van der Waals surface area contributed by atoms with Gasteiger partial charge in [0, 0.05) is 5.38 Å². The summed E-state index contributed by atoms with van der Waals surface area (Å²) in [5.41, 5.74) is 1.23. The number of amides is 1. The Balaban J connectivity index is 1.91. The van der Waals surface area contributed by atoms with Crippen LogP contribution in [-0.4, -0.2) is 28.7 Å². The van der Waals surface area contributed by atoms with E-state index in [2.05, 4.69) is 10.3 Å². The number of nitrogens with one attached hydrogen (secondary N) is 1. The Morgan fingerprint density at radius 2 is 2.17 bits per heavy atom. The minimum absolute atomic E-state index is 0.144. The molecule has 24 heavy (non-hydrogen) atoms. The molecular weight excluding hydrogens is 368 g/mol. The molecule has 1 N–H and O–H groups in total. The Hall–Kier alpha value is -1.57. The summed E-state index contributed by atoms with van der Waals surface area (Å²) in [6.07, 6.45) is 0.144. The number of hydrogen-bond donors (Lipinski definition) is 1. The van der Waals surface area contributed by atoms with Gasteiger partial charge in [-0.3, -0.25) is 9.59 Å². The zero-order chi connectivity index (χ0) is 17.5. The first-order valence-corrected chi connectivity index (χ1v) is 9.45. The number of carbonyl (C=O) groups is 2. The van der Waals surface area contributed by atoms with Crippen molar-refractivity contribution < 1.29 is 14.3 Å². The zero-order valence-electron chi connectivity index (χ0n) is 13.2. The van der Waals surface area contributed by atoms with E-state index in [9.17, 15) is 9.59 Å². The summed E-state index contributed by atoms with van der Waals surface area (Å²) < 4.78 is 5.63. The van der Waals surface area contributed by atoms with Crippen LogP contribution in [0.2, 0.25) is 5.02 Å². The average Bonchev–Trinajstić information content (AvgIpc) is 2.96. The maximum atomic E-state index is 12.3. The summed E-state index contributed by atoms with van der Waals surface area (Å²) in [6.45, 7) is 3.91. The van der Waals surface area contributed by atoms with Gasteiger partial charge in [0.25, 0.3) is 0 Å². The van der Waals surface area contributed by atoms with Crippen molar-refractivity contribution in [1.29, 1.82) is 0 Å². The van der Waals surface area contributed by atoms with Crippen LogP contribution in [0.1, 0.15) is 19.5 Å². The van der Waals surface area contributed by atoms with Gasteiger partial charge >= 0.3 is 5.97 Å². The molecule has 0 saturated heterocycles. The van der Waals surface area contributed by atoms with Crippen molar-refractivity contribution in [3.63, 3.8) is 0 Å². The van der Waals surface area contributed by atoms with Crippen LogP contribution in [0, 0.1) is 0 Å². The lowest BCUT2D eigenvalue weighted by atomic mass is 10.3. The Morgan fingerprint density at radius 1 is 1.42 bits per heavy atom. The molecular formula is C16H17ClN2O3S2. The van der Waals surface area contributed by atoms with Crippen LogP contribution in [-0.2, 0) is 20.7 Å². The molecule has 5 nitrogen and oxygen atoms in total. The lowest BCUT2D eigenvalue weighted by molar-refractivity contribution is -0.142. The number of nitrogens with zero attached hydrogens (tertiary/aromatic N) is 1. The number of anilines is 1. The molecule has 2 rings (SSSR count). The minimum Gasteiger partial charge on any atom is -0.466 e. The van der Waals surface area contributed by atoms with E-state index in [1.807, 2.05) is 6.07 Å². The van der Waals surface area contributed by atoms with Gasteiger partial charge in [-0.05, 0) is 26.0 Å². The summed E-state index contributed by atoms with van der Waals surface area (Å²) in [6, 6.07) is 7.08. The van der Waals surface area contributed by atoms with Gasteiger partial charge in [0.15, 0.2) is 4.34 Å². The first-order chi connectivity index (χ1) is 11.5. The van der Waals surface area contributed by atoms with Crippen LogP contribution >= 0.6 is 34.7 Å². The van der Waals surface area contributed by atoms with Crippen LogP contribution in [0.15, 0.2) is 34.0 Å². The molecule has 0 aliphatic carbocycles. The van der Waals surface area contributed by atoms with Gasteiger partial charge in [-0.25, -0.2) is 4.98 Å². The minimum atomic E-state index is -0.345. The maximum Gasteiger partial charge on any atom is 0.311 e. The third-order valence-electron chi connectivity index (χ3n) is 2.94. The zero-order valence-corrected chi connectivity index (χ0v) is 15.6. The second-order valence-corrected chi connectivity index (χ2v) is 7.67. The van der Waals surface area contributed by atoms with E-state index in [0.717, 1.165) is 4.34 Å². The lowest BCUT2D eigenvalue weighted by Gasteiger charge is -2.11. The van der Waals surface area contributed by atoms with E-state index >= 15 is 0 Å². The normalized spacial score (nSPS) is 11.8. The molecule has 1 amide bonds. The molecule has 0 aliphatic heterocycles. The fraction of sp³-hybridized carbons (Fsp3) is 0.312. The topological polar surface area (TPSA) is 68.3 Å². The van der Waals surface area contributed by atoms with E-state index in [4.69, 9.17) is 16.3 Å². The molecule has 0 saturated carbocycles. The molecule has 8 heteroatoms. The molecule has 0 bridgehead atoms. The number of para-hydroxylation sites is 1. The molecule has 1 aromatic carbocycles. The summed E-state index contributed by atoms with van der Waals surface area (Å²) in [7, 11) is 0. The van der Waals surface area contributed by atoms with Crippen LogP contribution in [0.3, 0.4) is 0 Å². The van der Waals surface area contributed by atoms with Crippen LogP contribution in [0.25, 0.3) is 0 Å². The molecule has 0 unspecified atom stereocenters. The standard InChI is InChI=1S/C16H17ClN2O3S2/c1-3-22-14(20)8-11-9-23-16(18-11)24-10(2)15(21)19-13-7-5-4-6-12(13)17/h4-7,9-10H,3,8H2,1-2H3,(H,19,21)/t10-/m1/s1. The fourth-order valence-electron chi connectivity index (χ4n) is 1.79. The van der Waals surface area contributed by atoms with Gasteiger partial charge in [0.2, 0.25) is 5.91 Å². The van der Waals surface area contributed by atoms with Crippen molar-refractivity contribution in [3.8, 4) is 0 Å². The van der Waals surface area contributed by atoms with Crippen molar-refractivity contribution in [3.05, 3.63) is 40.4 Å². The van der Waals surface area contributed by atoms with E-state index in [0.29, 0.717) is 23.0 Å². The predicted molar refractivity (Wildman–Crippen MR) is 97.9 cm³/mol. The van der Waals surface area contributed by atoms with Gasteiger partial charge in [-0.1, -0.05) is 35.5 Å². The van der Waals surface area contributed by atoms with Gasteiger partial charge in [-0.15, -0.1) is 11.3 Å². The van der Waals surface area contributed by atoms with Gasteiger partial charge in [-0.2, -0.15) is 0 Å². The highest BCUT2D eigenvalue weighted by Gasteiger charge is 2.18. The van der Waals surface area contributed by atoms with Crippen molar-refractivity contribution in [2.75, 3.05) is 11.9 Å². The van der Waals surface area contributed by atoms with Crippen molar-refractivity contribution in [1.82, 2.24) is 4.98 Å². The maximum absolute atomic E-state index is 12.3. The van der Waals surface area contributed by atoms with E-state index < -0.39 is 0 Å². The van der Waals surface area contributed by atoms with Crippen molar-refractivity contribution >= 4 is 52.3 Å². The molecule has 1 atom stereocenters. The number of rotatable bonds is 7. The first kappa shape index (κ1) is 18.8. The number of thioether (sulfide) groups is 1. The SMILES string of the molecule is CCOC(=O)Cc1csc(S[C@H](C)C(=O)Nc2ccccc2Cl)n1. The van der Waals surface area contributed by atoms with Crippen LogP contribution in [0.5, 0.6) is 0 Å². The summed E-state index contributed by atoms with van der Waals surface area (Å²) in [5.74, 6) is -0.459. The second kappa shape index (κ2) is 9.05. The Morgan fingerprint density at radius 3 is 2.88 bits per heavy atom. The number of ether oxygens (including phenoxy) is 1. The molecule has 0 aliphatic rings. The van der Waals surface area contributed by atoms with E-state index in [1.165, 1.54) is 23.1 Å². The number of carbonyl (C=O) groups excluding carboxylic acids is 2. The largest absolute Gasteiger partial charge is 0.466 e. The third kappa shape index (κ3) is 5.51. The first-order valence-electron chi connectivity index (χ1n) is 7.31. The number of benzene rings is 1. The Kier molecular flexibility index (Phi) is 7.08. The second-order valence-electron chi connectivity index (χ2n) is 4.82. The highest BCUT2D eigenvalue weighted by atomic mass is 35.5. The summed E-state index contributed by atoms with van der Waals surface area (Å²) in [5, 5.41) is 4.75. The van der Waals surface area contributed by atoms with Gasteiger partial charge in [0.05, 0.1) is 34.7 Å². The van der Waals surface area contributed by atoms with Crippen molar-refractivity contribution in [2.24, 2.45) is 0 Å². The van der Waals surface area contributed by atoms with E-state index in [1.54, 1.807) is 37.4 Å². The lowest BCUT2D eigenvalue weighted by Crippen LogP contribution is -2.22. The Labute approximate surface area is 153 Å². The number of hydrogen-bond acceptors (Lipinski definition) is 6. The highest BCUT2D eigenvalue weighted by Crippen LogP contribution is 2.28. The highest BCUT2D eigenvalue weighted by molar-refractivity contribution is 8.02. The Bertz CT molecular complexity index is 721. The third-order valence-corrected chi connectivity index (χ3v) is 5.39. The van der Waals surface area contributed by atoms with Crippen molar-refractivity contribution in [2.45, 2.75) is 29.9 Å². The smallest absolute Gasteiger partial charge is 0.311 e. The van der Waals surface area contributed by atoms with E-state index in [-0.39, 0.29) is 23.5 Å². The predicted octanol–water partition coefficient (Wildman–Crippen LogP) is 4.02.